The predicted octanol–water partition coefficient (Wildman–Crippen LogP) is 2.33. The van der Waals surface area contributed by atoms with Crippen LogP contribution in [-0.2, 0) is 9.53 Å². The molecule has 1 amide bonds. The Bertz CT molecular complexity index is 863. The summed E-state index contributed by atoms with van der Waals surface area (Å²) in [5.41, 5.74) is 2.25. The van der Waals surface area contributed by atoms with Crippen LogP contribution in [0.4, 0.5) is 4.39 Å². The first-order valence-electron chi connectivity index (χ1n) is 8.69. The van der Waals surface area contributed by atoms with Crippen LogP contribution in [0.3, 0.4) is 0 Å². The van der Waals surface area contributed by atoms with Crippen molar-refractivity contribution in [3.63, 3.8) is 0 Å². The number of carbonyl (C=O) groups excluding carboxylic acids is 1. The van der Waals surface area contributed by atoms with Crippen molar-refractivity contribution in [1.29, 1.82) is 0 Å². The van der Waals surface area contributed by atoms with E-state index in [0.29, 0.717) is 35.6 Å². The molecule has 1 fully saturated rings. The second-order valence-electron chi connectivity index (χ2n) is 6.74. The summed E-state index contributed by atoms with van der Waals surface area (Å²) in [5.74, 6) is -1.56. The molecular weight excluding hydrogens is 353 g/mol. The molecule has 27 heavy (non-hydrogen) atoms. The van der Waals surface area contributed by atoms with Crippen molar-refractivity contribution >= 4 is 11.9 Å². The van der Waals surface area contributed by atoms with Crippen molar-refractivity contribution in [3.8, 4) is 5.69 Å². The standard InChI is InChI=1S/C19H22FN3O4/c1-11-18(12(2)23(21-11)14-6-4-13(20)5-7-14)19(26)22-10-16(27-3)8-15(22)9-17(24)25/h4-7,15-16H,8-10H2,1-3H3,(H,24,25). The van der Waals surface area contributed by atoms with Crippen molar-refractivity contribution in [3.05, 3.63) is 47.0 Å². The van der Waals surface area contributed by atoms with Crippen LogP contribution in [0.15, 0.2) is 24.3 Å². The van der Waals surface area contributed by atoms with E-state index < -0.39 is 12.0 Å². The molecule has 2 heterocycles. The lowest BCUT2D eigenvalue weighted by Crippen LogP contribution is -2.37. The summed E-state index contributed by atoms with van der Waals surface area (Å²) >= 11 is 0. The number of aryl methyl sites for hydroxylation is 1. The molecule has 2 atom stereocenters. The second-order valence-corrected chi connectivity index (χ2v) is 6.74. The lowest BCUT2D eigenvalue weighted by atomic mass is 10.1. The van der Waals surface area contributed by atoms with Gasteiger partial charge in [-0.3, -0.25) is 9.59 Å². The van der Waals surface area contributed by atoms with E-state index in [0.717, 1.165) is 0 Å². The van der Waals surface area contributed by atoms with Crippen molar-refractivity contribution in [1.82, 2.24) is 14.7 Å². The van der Waals surface area contributed by atoms with Crippen LogP contribution in [0.1, 0.15) is 34.6 Å². The molecule has 1 saturated heterocycles. The number of nitrogens with zero attached hydrogens (tertiary/aromatic N) is 3. The molecule has 3 rings (SSSR count). The summed E-state index contributed by atoms with van der Waals surface area (Å²) in [4.78, 5) is 25.9. The number of aliphatic carboxylic acids is 1. The third-order valence-corrected chi connectivity index (χ3v) is 4.96. The third kappa shape index (κ3) is 3.71. The van der Waals surface area contributed by atoms with Crippen LogP contribution in [0, 0.1) is 19.7 Å². The summed E-state index contributed by atoms with van der Waals surface area (Å²) in [7, 11) is 1.56. The minimum atomic E-state index is -0.954. The van der Waals surface area contributed by atoms with Gasteiger partial charge in [0.15, 0.2) is 0 Å². The zero-order valence-electron chi connectivity index (χ0n) is 15.5. The van der Waals surface area contributed by atoms with E-state index in [1.165, 1.54) is 12.1 Å². The van der Waals surface area contributed by atoms with Crippen molar-refractivity contribution in [2.75, 3.05) is 13.7 Å². The number of benzene rings is 1. The fourth-order valence-electron chi connectivity index (χ4n) is 3.62. The molecule has 1 N–H and O–H groups in total. The van der Waals surface area contributed by atoms with Gasteiger partial charge in [-0.25, -0.2) is 9.07 Å². The Balaban J connectivity index is 1.94. The average molecular weight is 375 g/mol. The summed E-state index contributed by atoms with van der Waals surface area (Å²) in [5, 5.41) is 13.6. The van der Waals surface area contributed by atoms with E-state index >= 15 is 0 Å². The van der Waals surface area contributed by atoms with Gasteiger partial charge in [0.1, 0.15) is 5.82 Å². The van der Waals surface area contributed by atoms with Crippen LogP contribution in [0.25, 0.3) is 5.69 Å². The Morgan fingerprint density at radius 1 is 1.30 bits per heavy atom. The first kappa shape index (κ1) is 19.0. The number of halogens is 1. The highest BCUT2D eigenvalue weighted by Crippen LogP contribution is 2.27. The number of hydrogen-bond acceptors (Lipinski definition) is 4. The highest BCUT2D eigenvalue weighted by Gasteiger charge is 2.38. The van der Waals surface area contributed by atoms with Crippen LogP contribution >= 0.6 is 0 Å². The van der Waals surface area contributed by atoms with Gasteiger partial charge in [-0.05, 0) is 44.5 Å². The largest absolute Gasteiger partial charge is 0.481 e. The number of hydrogen-bond donors (Lipinski definition) is 1. The van der Waals surface area contributed by atoms with Crippen molar-refractivity contribution in [2.45, 2.75) is 38.8 Å². The zero-order valence-corrected chi connectivity index (χ0v) is 15.5. The molecule has 0 spiro atoms. The Morgan fingerprint density at radius 3 is 2.56 bits per heavy atom. The van der Waals surface area contributed by atoms with E-state index in [1.54, 1.807) is 42.7 Å². The van der Waals surface area contributed by atoms with Crippen molar-refractivity contribution in [2.24, 2.45) is 0 Å². The number of carboxylic acid groups (broad SMARTS) is 1. The number of likely N-dealkylation sites (tertiary alicyclic amines) is 1. The SMILES string of the molecule is COC1CC(CC(=O)O)N(C(=O)c2c(C)nn(-c3ccc(F)cc3)c2C)C1. The van der Waals surface area contributed by atoms with Crippen molar-refractivity contribution < 1.29 is 23.8 Å². The Morgan fingerprint density at radius 2 is 1.96 bits per heavy atom. The Hall–Kier alpha value is -2.74. The van der Waals surface area contributed by atoms with Gasteiger partial charge >= 0.3 is 5.97 Å². The number of ether oxygens (including phenoxy) is 1. The quantitative estimate of drug-likeness (QED) is 0.867. The van der Waals surface area contributed by atoms with Crippen LogP contribution < -0.4 is 0 Å². The molecule has 0 radical (unpaired) electrons. The molecule has 144 valence electrons. The highest BCUT2D eigenvalue weighted by molar-refractivity contribution is 5.97. The minimum absolute atomic E-state index is 0.129. The van der Waals surface area contributed by atoms with Gasteiger partial charge in [0.2, 0.25) is 0 Å². The first-order chi connectivity index (χ1) is 12.8. The van der Waals surface area contributed by atoms with E-state index in [1.807, 2.05) is 0 Å². The predicted molar refractivity (Wildman–Crippen MR) is 95.5 cm³/mol. The van der Waals surface area contributed by atoms with Gasteiger partial charge < -0.3 is 14.7 Å². The summed E-state index contributed by atoms with van der Waals surface area (Å²) < 4.78 is 20.1. The molecule has 0 bridgehead atoms. The molecule has 1 aromatic heterocycles. The highest BCUT2D eigenvalue weighted by atomic mass is 19.1. The molecule has 0 saturated carbocycles. The third-order valence-electron chi connectivity index (χ3n) is 4.96. The zero-order chi connectivity index (χ0) is 19.7. The minimum Gasteiger partial charge on any atom is -0.481 e. The van der Waals surface area contributed by atoms with Gasteiger partial charge in [-0.15, -0.1) is 0 Å². The number of rotatable bonds is 5. The van der Waals surface area contributed by atoms with E-state index in [9.17, 15) is 14.0 Å². The molecule has 1 aliphatic rings. The number of methoxy groups -OCH3 is 1. The molecule has 1 aromatic carbocycles. The summed E-state index contributed by atoms with van der Waals surface area (Å²) in [6.45, 7) is 3.84. The normalized spacial score (nSPS) is 19.5. The molecule has 8 heteroatoms. The maximum Gasteiger partial charge on any atom is 0.305 e. The van der Waals surface area contributed by atoms with E-state index in [4.69, 9.17) is 9.84 Å². The fourth-order valence-corrected chi connectivity index (χ4v) is 3.62. The number of carbonyl (C=O) groups is 2. The molecule has 1 aliphatic heterocycles. The summed E-state index contributed by atoms with van der Waals surface area (Å²) in [6, 6.07) is 5.42. The number of carboxylic acids is 1. The maximum absolute atomic E-state index is 13.2. The van der Waals surface area contributed by atoms with E-state index in [-0.39, 0.29) is 24.2 Å². The van der Waals surface area contributed by atoms with Crippen LogP contribution in [0.5, 0.6) is 0 Å². The first-order valence-corrected chi connectivity index (χ1v) is 8.69. The molecule has 2 unspecified atom stereocenters. The van der Waals surface area contributed by atoms with E-state index in [2.05, 4.69) is 5.10 Å². The Kier molecular flexibility index (Phi) is 5.27. The summed E-state index contributed by atoms with van der Waals surface area (Å²) in [6.07, 6.45) is 0.167. The molecule has 0 aliphatic carbocycles. The monoisotopic (exact) mass is 375 g/mol. The second kappa shape index (κ2) is 7.48. The maximum atomic E-state index is 13.2. The lowest BCUT2D eigenvalue weighted by molar-refractivity contribution is -0.137. The molecule has 7 nitrogen and oxygen atoms in total. The average Bonchev–Trinajstić information content (AvgIpc) is 3.15. The van der Waals surface area contributed by atoms with Gasteiger partial charge in [0, 0.05) is 19.7 Å². The Labute approximate surface area is 156 Å². The number of aromatic nitrogens is 2. The topological polar surface area (TPSA) is 84.7 Å². The fraction of sp³-hybridized carbons (Fsp3) is 0.421. The van der Waals surface area contributed by atoms with Crippen LogP contribution in [-0.4, -0.2) is 57.5 Å². The van der Waals surface area contributed by atoms with Gasteiger partial charge in [-0.2, -0.15) is 5.10 Å². The molecular formula is C19H22FN3O4. The van der Waals surface area contributed by atoms with Gasteiger partial charge in [0.05, 0.1) is 35.2 Å². The lowest BCUT2D eigenvalue weighted by Gasteiger charge is -2.23. The number of amides is 1. The smallest absolute Gasteiger partial charge is 0.305 e. The van der Waals surface area contributed by atoms with Gasteiger partial charge in [0.25, 0.3) is 5.91 Å². The molecule has 2 aromatic rings. The van der Waals surface area contributed by atoms with Crippen LogP contribution in [0.2, 0.25) is 0 Å². The van der Waals surface area contributed by atoms with Gasteiger partial charge in [-0.1, -0.05) is 0 Å².